The van der Waals surface area contributed by atoms with E-state index in [0.717, 1.165) is 10.2 Å². The largest absolute Gasteiger partial charge is 0.249 e. The van der Waals surface area contributed by atoms with E-state index in [2.05, 4.69) is 72.0 Å². The van der Waals surface area contributed by atoms with Crippen molar-refractivity contribution >= 4 is 15.9 Å². The maximum absolute atomic E-state index is 4.24. The number of rotatable bonds is 1. The molecule has 0 atom stereocenters. The molecule has 0 saturated heterocycles. The highest BCUT2D eigenvalue weighted by atomic mass is 79.9. The van der Waals surface area contributed by atoms with Crippen LogP contribution in [0.5, 0.6) is 0 Å². The Morgan fingerprint density at radius 2 is 1.47 bits per heavy atom. The monoisotopic (exact) mass is 289 g/mol. The molecule has 1 nitrogen and oxygen atoms in total. The van der Waals surface area contributed by atoms with Crippen LogP contribution in [0.4, 0.5) is 0 Å². The molecule has 0 radical (unpaired) electrons. The van der Waals surface area contributed by atoms with Crippen LogP contribution in [-0.4, -0.2) is 4.98 Å². The van der Waals surface area contributed by atoms with E-state index in [1.54, 1.807) is 0 Å². The summed E-state index contributed by atoms with van der Waals surface area (Å²) in [5.74, 6) is 0. The average Bonchev–Trinajstić information content (AvgIpc) is 2.29. The number of pyridine rings is 1. The minimum absolute atomic E-state index is 0.205. The molecule has 1 aromatic heterocycles. The summed E-state index contributed by atoms with van der Waals surface area (Å²) in [4.78, 5) is 4.24. The molecule has 2 rings (SSSR count). The topological polar surface area (TPSA) is 12.9 Å². The Hall–Kier alpha value is -1.15. The van der Waals surface area contributed by atoms with Crippen molar-refractivity contribution in [2.75, 3.05) is 0 Å². The lowest BCUT2D eigenvalue weighted by atomic mass is 9.86. The van der Waals surface area contributed by atoms with Gasteiger partial charge in [0.15, 0.2) is 0 Å². The Bertz CT molecular complexity index is 492. The first kappa shape index (κ1) is 12.3. The molecule has 1 heterocycles. The lowest BCUT2D eigenvalue weighted by molar-refractivity contribution is 0.590. The van der Waals surface area contributed by atoms with Gasteiger partial charge in [0.25, 0.3) is 0 Å². The molecular weight excluding hydrogens is 274 g/mol. The third-order valence-electron chi connectivity index (χ3n) is 2.81. The molecule has 0 unspecified atom stereocenters. The number of halogens is 1. The van der Waals surface area contributed by atoms with Crippen molar-refractivity contribution in [3.05, 3.63) is 52.8 Å². The third kappa shape index (κ3) is 2.95. The van der Waals surface area contributed by atoms with Crippen LogP contribution in [0.25, 0.3) is 11.1 Å². The molecule has 0 fully saturated rings. The summed E-state index contributed by atoms with van der Waals surface area (Å²) in [7, 11) is 0. The molecule has 0 spiro atoms. The van der Waals surface area contributed by atoms with Crippen LogP contribution in [0, 0.1) is 0 Å². The van der Waals surface area contributed by atoms with Gasteiger partial charge >= 0.3 is 0 Å². The van der Waals surface area contributed by atoms with E-state index in [1.165, 1.54) is 11.1 Å². The molecule has 17 heavy (non-hydrogen) atoms. The van der Waals surface area contributed by atoms with E-state index in [9.17, 15) is 0 Å². The fraction of sp³-hybridized carbons (Fsp3) is 0.267. The van der Waals surface area contributed by atoms with Crippen LogP contribution in [-0.2, 0) is 5.41 Å². The fourth-order valence-electron chi connectivity index (χ4n) is 1.71. The standard InChI is InChI=1S/C15H16BrN/c1-15(2,3)13-7-4-11(5-8-13)12-6-9-14(16)17-10-12/h4-10H,1-3H3. The SMILES string of the molecule is CC(C)(C)c1ccc(-c2ccc(Br)nc2)cc1. The highest BCUT2D eigenvalue weighted by Gasteiger charge is 2.12. The molecule has 0 aliphatic heterocycles. The number of benzene rings is 1. The number of hydrogen-bond donors (Lipinski definition) is 0. The Morgan fingerprint density at radius 1 is 0.882 bits per heavy atom. The summed E-state index contributed by atoms with van der Waals surface area (Å²) >= 11 is 3.34. The Labute approximate surface area is 111 Å². The minimum Gasteiger partial charge on any atom is -0.249 e. The van der Waals surface area contributed by atoms with E-state index in [4.69, 9.17) is 0 Å². The van der Waals surface area contributed by atoms with Crippen LogP contribution in [0.1, 0.15) is 26.3 Å². The predicted molar refractivity (Wildman–Crippen MR) is 76.1 cm³/mol. The zero-order chi connectivity index (χ0) is 12.5. The minimum atomic E-state index is 0.205. The number of aromatic nitrogens is 1. The van der Waals surface area contributed by atoms with Crippen molar-refractivity contribution in [3.63, 3.8) is 0 Å². The normalized spacial score (nSPS) is 11.5. The Morgan fingerprint density at radius 3 is 1.94 bits per heavy atom. The van der Waals surface area contributed by atoms with Crippen molar-refractivity contribution in [1.82, 2.24) is 4.98 Å². The lowest BCUT2D eigenvalue weighted by Crippen LogP contribution is -2.10. The van der Waals surface area contributed by atoms with E-state index in [0.29, 0.717) is 0 Å². The lowest BCUT2D eigenvalue weighted by Gasteiger charge is -2.19. The molecule has 2 heteroatoms. The van der Waals surface area contributed by atoms with Crippen molar-refractivity contribution in [3.8, 4) is 11.1 Å². The van der Waals surface area contributed by atoms with Crippen molar-refractivity contribution < 1.29 is 0 Å². The van der Waals surface area contributed by atoms with Gasteiger partial charge in [0.1, 0.15) is 4.60 Å². The molecule has 0 bridgehead atoms. The van der Waals surface area contributed by atoms with E-state index in [-0.39, 0.29) is 5.41 Å². The second kappa shape index (κ2) is 4.61. The van der Waals surface area contributed by atoms with Crippen LogP contribution in [0.2, 0.25) is 0 Å². The summed E-state index contributed by atoms with van der Waals surface area (Å²) in [5, 5.41) is 0. The quantitative estimate of drug-likeness (QED) is 0.687. The maximum atomic E-state index is 4.24. The van der Waals surface area contributed by atoms with Gasteiger partial charge in [-0.15, -0.1) is 0 Å². The molecule has 0 aliphatic carbocycles. The van der Waals surface area contributed by atoms with Gasteiger partial charge in [0, 0.05) is 11.8 Å². The number of hydrogen-bond acceptors (Lipinski definition) is 1. The van der Waals surface area contributed by atoms with Crippen LogP contribution in [0.3, 0.4) is 0 Å². The second-order valence-corrected chi connectivity index (χ2v) is 6.01. The molecular formula is C15H16BrN. The maximum Gasteiger partial charge on any atom is 0.106 e. The Balaban J connectivity index is 2.33. The second-order valence-electron chi connectivity index (χ2n) is 5.20. The van der Waals surface area contributed by atoms with Crippen LogP contribution in [0.15, 0.2) is 47.2 Å². The van der Waals surface area contributed by atoms with Crippen molar-refractivity contribution in [2.24, 2.45) is 0 Å². The molecule has 88 valence electrons. The fourth-order valence-corrected chi connectivity index (χ4v) is 1.94. The van der Waals surface area contributed by atoms with Gasteiger partial charge in [-0.05, 0) is 38.5 Å². The zero-order valence-electron chi connectivity index (χ0n) is 10.4. The summed E-state index contributed by atoms with van der Waals surface area (Å²) in [6, 6.07) is 12.7. The van der Waals surface area contributed by atoms with Gasteiger partial charge in [-0.3, -0.25) is 0 Å². The van der Waals surface area contributed by atoms with Gasteiger partial charge in [-0.25, -0.2) is 4.98 Å². The van der Waals surface area contributed by atoms with Crippen LogP contribution >= 0.6 is 15.9 Å². The first-order valence-corrected chi connectivity index (χ1v) is 6.48. The first-order valence-electron chi connectivity index (χ1n) is 5.69. The third-order valence-corrected chi connectivity index (χ3v) is 3.28. The smallest absolute Gasteiger partial charge is 0.106 e. The van der Waals surface area contributed by atoms with Gasteiger partial charge in [0.05, 0.1) is 0 Å². The summed E-state index contributed by atoms with van der Waals surface area (Å²) in [6.45, 7) is 6.68. The van der Waals surface area contributed by atoms with E-state index in [1.807, 2.05) is 12.3 Å². The van der Waals surface area contributed by atoms with Crippen molar-refractivity contribution in [2.45, 2.75) is 26.2 Å². The summed E-state index contributed by atoms with van der Waals surface area (Å²) in [6.07, 6.45) is 1.89. The molecule has 0 N–H and O–H groups in total. The highest BCUT2D eigenvalue weighted by Crippen LogP contribution is 2.26. The summed E-state index contributed by atoms with van der Waals surface area (Å²) in [5.41, 5.74) is 3.91. The number of nitrogens with zero attached hydrogens (tertiary/aromatic N) is 1. The highest BCUT2D eigenvalue weighted by molar-refractivity contribution is 9.10. The first-order chi connectivity index (χ1) is 7.97. The Kier molecular flexibility index (Phi) is 3.34. The van der Waals surface area contributed by atoms with Gasteiger partial charge < -0.3 is 0 Å². The van der Waals surface area contributed by atoms with Crippen LogP contribution < -0.4 is 0 Å². The van der Waals surface area contributed by atoms with Gasteiger partial charge in [0.2, 0.25) is 0 Å². The molecule has 1 aromatic carbocycles. The molecule has 0 aliphatic rings. The zero-order valence-corrected chi connectivity index (χ0v) is 12.0. The van der Waals surface area contributed by atoms with E-state index < -0.39 is 0 Å². The molecule has 2 aromatic rings. The molecule has 0 amide bonds. The molecule has 0 saturated carbocycles. The average molecular weight is 290 g/mol. The van der Waals surface area contributed by atoms with Gasteiger partial charge in [-0.1, -0.05) is 51.1 Å². The van der Waals surface area contributed by atoms with E-state index >= 15 is 0 Å². The van der Waals surface area contributed by atoms with Crippen molar-refractivity contribution in [1.29, 1.82) is 0 Å². The predicted octanol–water partition coefficient (Wildman–Crippen LogP) is 4.81. The van der Waals surface area contributed by atoms with Gasteiger partial charge in [-0.2, -0.15) is 0 Å². The summed E-state index contributed by atoms with van der Waals surface area (Å²) < 4.78 is 0.868.